The maximum atomic E-state index is 13.6. The third-order valence-electron chi connectivity index (χ3n) is 4.00. The molecule has 8 heteroatoms. The molecule has 1 aliphatic heterocycles. The SMILES string of the molecule is O=C(NCc1ccccc1F)c1ccnc(NC2CCS(=O)(=O)C2)c1. The lowest BCUT2D eigenvalue weighted by atomic mass is 10.2. The number of aromatic nitrogens is 1. The molecule has 1 aromatic heterocycles. The number of nitrogens with one attached hydrogen (secondary N) is 2. The third kappa shape index (κ3) is 4.54. The summed E-state index contributed by atoms with van der Waals surface area (Å²) in [5, 5.41) is 5.70. The highest BCUT2D eigenvalue weighted by Gasteiger charge is 2.28. The third-order valence-corrected chi connectivity index (χ3v) is 5.77. The highest BCUT2D eigenvalue weighted by Crippen LogP contribution is 2.17. The monoisotopic (exact) mass is 363 g/mol. The number of halogens is 1. The summed E-state index contributed by atoms with van der Waals surface area (Å²) in [6.07, 6.45) is 2.00. The van der Waals surface area contributed by atoms with E-state index in [1.165, 1.54) is 12.3 Å². The molecule has 132 valence electrons. The van der Waals surface area contributed by atoms with Gasteiger partial charge < -0.3 is 10.6 Å². The van der Waals surface area contributed by atoms with Gasteiger partial charge in [0.05, 0.1) is 11.5 Å². The van der Waals surface area contributed by atoms with Crippen molar-refractivity contribution in [1.82, 2.24) is 10.3 Å². The number of rotatable bonds is 5. The molecule has 1 aliphatic rings. The number of anilines is 1. The zero-order valence-electron chi connectivity index (χ0n) is 13.4. The topological polar surface area (TPSA) is 88.2 Å². The minimum atomic E-state index is -2.99. The molecule has 3 rings (SSSR count). The van der Waals surface area contributed by atoms with Crippen molar-refractivity contribution in [2.24, 2.45) is 0 Å². The summed E-state index contributed by atoms with van der Waals surface area (Å²) in [4.78, 5) is 16.4. The summed E-state index contributed by atoms with van der Waals surface area (Å²) >= 11 is 0. The number of sulfone groups is 1. The molecule has 25 heavy (non-hydrogen) atoms. The van der Waals surface area contributed by atoms with E-state index in [4.69, 9.17) is 0 Å². The molecular weight excluding hydrogens is 345 g/mol. The van der Waals surface area contributed by atoms with Gasteiger partial charge in [-0.1, -0.05) is 18.2 Å². The Bertz CT molecular complexity index is 886. The first-order valence-electron chi connectivity index (χ1n) is 7.87. The molecule has 1 aromatic carbocycles. The van der Waals surface area contributed by atoms with Crippen LogP contribution in [0.5, 0.6) is 0 Å². The summed E-state index contributed by atoms with van der Waals surface area (Å²) in [6.45, 7) is 0.0808. The molecule has 1 amide bonds. The second kappa shape index (κ2) is 7.18. The van der Waals surface area contributed by atoms with Gasteiger partial charge in [-0.25, -0.2) is 17.8 Å². The van der Waals surface area contributed by atoms with Crippen LogP contribution in [0, 0.1) is 5.82 Å². The van der Waals surface area contributed by atoms with Crippen LogP contribution in [-0.2, 0) is 16.4 Å². The van der Waals surface area contributed by atoms with Crippen LogP contribution < -0.4 is 10.6 Å². The highest BCUT2D eigenvalue weighted by atomic mass is 32.2. The number of carbonyl (C=O) groups excluding carboxylic acids is 1. The zero-order valence-corrected chi connectivity index (χ0v) is 14.2. The number of nitrogens with zero attached hydrogens (tertiary/aromatic N) is 1. The quantitative estimate of drug-likeness (QED) is 0.845. The van der Waals surface area contributed by atoms with Crippen LogP contribution >= 0.6 is 0 Å². The average molecular weight is 363 g/mol. The second-order valence-electron chi connectivity index (χ2n) is 5.95. The van der Waals surface area contributed by atoms with Crippen molar-refractivity contribution < 1.29 is 17.6 Å². The van der Waals surface area contributed by atoms with E-state index in [0.29, 0.717) is 23.4 Å². The van der Waals surface area contributed by atoms with E-state index >= 15 is 0 Å². The lowest BCUT2D eigenvalue weighted by molar-refractivity contribution is 0.0950. The fourth-order valence-electron chi connectivity index (χ4n) is 2.69. The first-order chi connectivity index (χ1) is 11.9. The standard InChI is InChI=1S/C17H18FN3O3S/c18-15-4-2-1-3-13(15)10-20-17(22)12-5-7-19-16(9-12)21-14-6-8-25(23,24)11-14/h1-5,7,9,14H,6,8,10-11H2,(H,19,21)(H,20,22). The van der Waals surface area contributed by atoms with E-state index < -0.39 is 9.84 Å². The Morgan fingerprint density at radius 3 is 2.80 bits per heavy atom. The molecule has 1 fully saturated rings. The van der Waals surface area contributed by atoms with Crippen LogP contribution in [0.4, 0.5) is 10.2 Å². The van der Waals surface area contributed by atoms with Crippen LogP contribution in [0.2, 0.25) is 0 Å². The molecule has 0 bridgehead atoms. The van der Waals surface area contributed by atoms with E-state index in [1.54, 1.807) is 30.3 Å². The number of pyridine rings is 1. The number of hydrogen-bond donors (Lipinski definition) is 2. The predicted molar refractivity (Wildman–Crippen MR) is 92.5 cm³/mol. The van der Waals surface area contributed by atoms with E-state index in [0.717, 1.165) is 0 Å². The summed E-state index contributed by atoms with van der Waals surface area (Å²) in [7, 11) is -2.99. The summed E-state index contributed by atoms with van der Waals surface area (Å²) in [5.74, 6) is -0.0537. The second-order valence-corrected chi connectivity index (χ2v) is 8.18. The average Bonchev–Trinajstić information content (AvgIpc) is 2.92. The van der Waals surface area contributed by atoms with Gasteiger partial charge in [0.1, 0.15) is 11.6 Å². The van der Waals surface area contributed by atoms with Crippen molar-refractivity contribution in [3.05, 3.63) is 59.5 Å². The van der Waals surface area contributed by atoms with Gasteiger partial charge in [-0.15, -0.1) is 0 Å². The molecular formula is C17H18FN3O3S. The fourth-order valence-corrected chi connectivity index (χ4v) is 4.36. The Kier molecular flexibility index (Phi) is 4.98. The number of carbonyl (C=O) groups is 1. The lowest BCUT2D eigenvalue weighted by Gasteiger charge is -2.12. The van der Waals surface area contributed by atoms with Gasteiger partial charge in [0, 0.05) is 29.9 Å². The van der Waals surface area contributed by atoms with Crippen LogP contribution in [0.3, 0.4) is 0 Å². The Labute approximate surface area is 145 Å². The Morgan fingerprint density at radius 1 is 1.28 bits per heavy atom. The van der Waals surface area contributed by atoms with Gasteiger partial charge in [-0.05, 0) is 24.6 Å². The molecule has 0 spiro atoms. The first-order valence-corrected chi connectivity index (χ1v) is 9.70. The molecule has 1 saturated heterocycles. The molecule has 2 heterocycles. The molecule has 0 aliphatic carbocycles. The van der Waals surface area contributed by atoms with Crippen LogP contribution in [0.1, 0.15) is 22.3 Å². The van der Waals surface area contributed by atoms with Crippen LogP contribution in [0.15, 0.2) is 42.6 Å². The van der Waals surface area contributed by atoms with Gasteiger partial charge in [0.15, 0.2) is 9.84 Å². The smallest absolute Gasteiger partial charge is 0.251 e. The van der Waals surface area contributed by atoms with Gasteiger partial charge in [0.2, 0.25) is 0 Å². The maximum Gasteiger partial charge on any atom is 0.251 e. The van der Waals surface area contributed by atoms with Crippen LogP contribution in [-0.4, -0.2) is 36.9 Å². The van der Waals surface area contributed by atoms with Crippen molar-refractivity contribution in [3.63, 3.8) is 0 Å². The van der Waals surface area contributed by atoms with E-state index in [9.17, 15) is 17.6 Å². The molecule has 6 nitrogen and oxygen atoms in total. The first kappa shape index (κ1) is 17.3. The summed E-state index contributed by atoms with van der Waals surface area (Å²) in [6, 6.07) is 9.14. The van der Waals surface area contributed by atoms with E-state index in [-0.39, 0.29) is 35.8 Å². The molecule has 0 radical (unpaired) electrons. The normalized spacial score (nSPS) is 18.7. The molecule has 2 aromatic rings. The van der Waals surface area contributed by atoms with Gasteiger partial charge in [0.25, 0.3) is 5.91 Å². The summed E-state index contributed by atoms with van der Waals surface area (Å²) < 4.78 is 36.6. The number of hydrogen-bond acceptors (Lipinski definition) is 5. The Balaban J connectivity index is 1.63. The minimum Gasteiger partial charge on any atom is -0.366 e. The molecule has 2 N–H and O–H groups in total. The predicted octanol–water partition coefficient (Wildman–Crippen LogP) is 1.75. The van der Waals surface area contributed by atoms with Gasteiger partial charge in [-0.2, -0.15) is 0 Å². The highest BCUT2D eigenvalue weighted by molar-refractivity contribution is 7.91. The van der Waals surface area contributed by atoms with Gasteiger partial charge >= 0.3 is 0 Å². The van der Waals surface area contributed by atoms with Gasteiger partial charge in [-0.3, -0.25) is 4.79 Å². The van der Waals surface area contributed by atoms with E-state index in [1.807, 2.05) is 0 Å². The maximum absolute atomic E-state index is 13.6. The molecule has 1 atom stereocenters. The van der Waals surface area contributed by atoms with Crippen molar-refractivity contribution in [3.8, 4) is 0 Å². The van der Waals surface area contributed by atoms with E-state index in [2.05, 4.69) is 15.6 Å². The lowest BCUT2D eigenvalue weighted by Crippen LogP contribution is -2.24. The fraction of sp³-hybridized carbons (Fsp3) is 0.294. The Hall–Kier alpha value is -2.48. The van der Waals surface area contributed by atoms with Crippen molar-refractivity contribution in [1.29, 1.82) is 0 Å². The minimum absolute atomic E-state index is 0.0678. The summed E-state index contributed by atoms with van der Waals surface area (Å²) in [5.41, 5.74) is 0.772. The largest absolute Gasteiger partial charge is 0.366 e. The van der Waals surface area contributed by atoms with Crippen molar-refractivity contribution in [2.45, 2.75) is 19.0 Å². The van der Waals surface area contributed by atoms with Crippen molar-refractivity contribution >= 4 is 21.6 Å². The van der Waals surface area contributed by atoms with Crippen LogP contribution in [0.25, 0.3) is 0 Å². The molecule has 0 saturated carbocycles. The number of benzene rings is 1. The zero-order chi connectivity index (χ0) is 17.9. The Morgan fingerprint density at radius 2 is 2.08 bits per heavy atom. The van der Waals surface area contributed by atoms with Crippen molar-refractivity contribution in [2.75, 3.05) is 16.8 Å². The molecule has 1 unspecified atom stereocenters. The number of amides is 1.